The average Bonchev–Trinajstić information content (AvgIpc) is 2.74. The van der Waals surface area contributed by atoms with E-state index in [-0.39, 0.29) is 18.1 Å². The van der Waals surface area contributed by atoms with Gasteiger partial charge in [-0.05, 0) is 65.6 Å². The highest BCUT2D eigenvalue weighted by Crippen LogP contribution is 2.43. The molecule has 154 valence electrons. The highest BCUT2D eigenvalue weighted by Gasteiger charge is 2.36. The Balaban J connectivity index is 1.95. The molecule has 0 N–H and O–H groups in total. The minimum atomic E-state index is -0.458. The van der Waals surface area contributed by atoms with Gasteiger partial charge in [0, 0.05) is 10.7 Å². The van der Waals surface area contributed by atoms with E-state index in [1.54, 1.807) is 50.3 Å². The molecule has 0 bridgehead atoms. The van der Waals surface area contributed by atoms with Crippen LogP contribution in [0.3, 0.4) is 0 Å². The van der Waals surface area contributed by atoms with Crippen molar-refractivity contribution < 1.29 is 18.7 Å². The van der Waals surface area contributed by atoms with E-state index in [9.17, 15) is 9.18 Å². The van der Waals surface area contributed by atoms with Crippen LogP contribution in [0.2, 0.25) is 5.02 Å². The van der Waals surface area contributed by atoms with E-state index < -0.39 is 6.04 Å². The molecule has 1 aliphatic rings. The van der Waals surface area contributed by atoms with Crippen molar-refractivity contribution in [3.05, 3.63) is 87.7 Å². The molecule has 30 heavy (non-hydrogen) atoms. The van der Waals surface area contributed by atoms with Gasteiger partial charge < -0.3 is 14.4 Å². The quantitative estimate of drug-likeness (QED) is 0.555. The summed E-state index contributed by atoms with van der Waals surface area (Å²) in [7, 11) is 3.13. The lowest BCUT2D eigenvalue weighted by Crippen LogP contribution is -2.41. The predicted molar refractivity (Wildman–Crippen MR) is 115 cm³/mol. The van der Waals surface area contributed by atoms with E-state index >= 15 is 0 Å². The fraction of sp³-hybridized carbons (Fsp3) is 0.208. The van der Waals surface area contributed by atoms with Crippen LogP contribution >= 0.6 is 11.6 Å². The lowest BCUT2D eigenvalue weighted by molar-refractivity contribution is -0.118. The van der Waals surface area contributed by atoms with Crippen LogP contribution < -0.4 is 14.4 Å². The van der Waals surface area contributed by atoms with Gasteiger partial charge in [-0.2, -0.15) is 0 Å². The molecule has 0 saturated carbocycles. The van der Waals surface area contributed by atoms with Crippen LogP contribution in [-0.2, 0) is 11.2 Å². The van der Waals surface area contributed by atoms with E-state index in [0.717, 1.165) is 16.7 Å². The summed E-state index contributed by atoms with van der Waals surface area (Å²) in [6, 6.07) is 15.4. The van der Waals surface area contributed by atoms with Crippen LogP contribution in [0.5, 0.6) is 11.5 Å². The maximum Gasteiger partial charge on any atom is 0.232 e. The number of carbonyl (C=O) groups excluding carboxylic acids is 1. The van der Waals surface area contributed by atoms with Crippen molar-refractivity contribution in [3.63, 3.8) is 0 Å². The number of nitrogens with zero attached hydrogens (tertiary/aromatic N) is 1. The summed E-state index contributed by atoms with van der Waals surface area (Å²) in [5, 5.41) is 0.598. The van der Waals surface area contributed by atoms with Gasteiger partial charge in [0.05, 0.1) is 26.7 Å². The molecule has 4 rings (SSSR count). The Morgan fingerprint density at radius 2 is 1.67 bits per heavy atom. The van der Waals surface area contributed by atoms with Crippen LogP contribution in [0, 0.1) is 12.7 Å². The van der Waals surface area contributed by atoms with Crippen molar-refractivity contribution in [2.24, 2.45) is 0 Å². The first-order valence-electron chi connectivity index (χ1n) is 9.51. The highest BCUT2D eigenvalue weighted by atomic mass is 35.5. The first-order chi connectivity index (χ1) is 14.4. The minimum absolute atomic E-state index is 0.127. The molecule has 1 atom stereocenters. The zero-order chi connectivity index (χ0) is 21.4. The molecule has 3 aromatic carbocycles. The molecule has 0 fully saturated rings. The van der Waals surface area contributed by atoms with Gasteiger partial charge in [-0.25, -0.2) is 4.39 Å². The molecule has 0 spiro atoms. The van der Waals surface area contributed by atoms with Gasteiger partial charge in [-0.15, -0.1) is 0 Å². The second-order valence-corrected chi connectivity index (χ2v) is 7.67. The molecule has 0 saturated heterocycles. The van der Waals surface area contributed by atoms with Crippen molar-refractivity contribution in [2.45, 2.75) is 19.4 Å². The number of hydrogen-bond donors (Lipinski definition) is 0. The first-order valence-corrected chi connectivity index (χ1v) is 9.89. The predicted octanol–water partition coefficient (Wildman–Crippen LogP) is 5.48. The summed E-state index contributed by atoms with van der Waals surface area (Å²) in [5.74, 6) is 0.652. The molecule has 3 aromatic rings. The summed E-state index contributed by atoms with van der Waals surface area (Å²) in [5.41, 5.74) is 3.64. The van der Waals surface area contributed by atoms with Crippen LogP contribution in [0.15, 0.2) is 54.6 Å². The second-order valence-electron chi connectivity index (χ2n) is 7.23. The maximum atomic E-state index is 14.4. The second kappa shape index (κ2) is 8.00. The van der Waals surface area contributed by atoms with Crippen molar-refractivity contribution in [1.29, 1.82) is 0 Å². The van der Waals surface area contributed by atoms with Crippen LogP contribution in [0.4, 0.5) is 10.1 Å². The van der Waals surface area contributed by atoms with Crippen LogP contribution in [0.25, 0.3) is 0 Å². The maximum absolute atomic E-state index is 14.4. The number of anilines is 1. The van der Waals surface area contributed by atoms with E-state index in [4.69, 9.17) is 21.1 Å². The fourth-order valence-electron chi connectivity index (χ4n) is 3.87. The summed E-state index contributed by atoms with van der Waals surface area (Å²) >= 11 is 6.09. The number of halogens is 2. The Morgan fingerprint density at radius 3 is 2.30 bits per heavy atom. The van der Waals surface area contributed by atoms with Gasteiger partial charge in [-0.1, -0.05) is 29.8 Å². The Labute approximate surface area is 179 Å². The third kappa shape index (κ3) is 3.50. The fourth-order valence-corrected chi connectivity index (χ4v) is 4.00. The highest BCUT2D eigenvalue weighted by molar-refractivity contribution is 6.30. The molecule has 0 aliphatic carbocycles. The Bertz CT molecular complexity index is 1110. The number of hydrogen-bond acceptors (Lipinski definition) is 3. The smallest absolute Gasteiger partial charge is 0.232 e. The van der Waals surface area contributed by atoms with Gasteiger partial charge in [0.15, 0.2) is 11.5 Å². The molecule has 4 nitrogen and oxygen atoms in total. The number of methoxy groups -OCH3 is 2. The molecular weight excluding hydrogens is 405 g/mol. The van der Waals surface area contributed by atoms with Crippen molar-refractivity contribution in [3.8, 4) is 11.5 Å². The molecule has 1 heterocycles. The number of benzene rings is 3. The summed E-state index contributed by atoms with van der Waals surface area (Å²) in [6.07, 6.45) is 0.176. The molecule has 0 radical (unpaired) electrons. The van der Waals surface area contributed by atoms with Crippen molar-refractivity contribution >= 4 is 23.2 Å². The summed E-state index contributed by atoms with van der Waals surface area (Å²) in [4.78, 5) is 14.9. The van der Waals surface area contributed by atoms with E-state index in [1.165, 1.54) is 6.07 Å². The number of rotatable bonds is 4. The van der Waals surface area contributed by atoms with Gasteiger partial charge in [0.1, 0.15) is 5.82 Å². The van der Waals surface area contributed by atoms with Crippen molar-refractivity contribution in [1.82, 2.24) is 0 Å². The SMILES string of the molecule is COc1cc2c(cc1OC)[C@H](c1ccc(Cl)cc1)N(c1ccc(C)c(F)c1)C(=O)C2. The van der Waals surface area contributed by atoms with Crippen molar-refractivity contribution in [2.75, 3.05) is 19.1 Å². The number of amides is 1. The first kappa shape index (κ1) is 20.2. The van der Waals surface area contributed by atoms with E-state index in [2.05, 4.69) is 0 Å². The largest absolute Gasteiger partial charge is 0.493 e. The lowest BCUT2D eigenvalue weighted by Gasteiger charge is -2.38. The van der Waals surface area contributed by atoms with Gasteiger partial charge in [0.2, 0.25) is 5.91 Å². The number of carbonyl (C=O) groups is 1. The molecule has 0 aromatic heterocycles. The zero-order valence-corrected chi connectivity index (χ0v) is 17.7. The van der Waals surface area contributed by atoms with E-state index in [1.807, 2.05) is 24.3 Å². The zero-order valence-electron chi connectivity index (χ0n) is 16.9. The molecule has 6 heteroatoms. The molecule has 0 unspecified atom stereocenters. The van der Waals surface area contributed by atoms with E-state index in [0.29, 0.717) is 27.8 Å². The Kier molecular flexibility index (Phi) is 5.39. The Morgan fingerprint density at radius 1 is 1.00 bits per heavy atom. The average molecular weight is 426 g/mol. The van der Waals surface area contributed by atoms with Gasteiger partial charge in [0.25, 0.3) is 0 Å². The lowest BCUT2D eigenvalue weighted by atomic mass is 9.86. The topological polar surface area (TPSA) is 38.8 Å². The number of aryl methyl sites for hydroxylation is 1. The van der Waals surface area contributed by atoms with Crippen LogP contribution in [-0.4, -0.2) is 20.1 Å². The standard InChI is InChI=1S/C24H21ClFNO3/c1-14-4-9-18(12-20(14)26)27-23(28)11-16-10-21(29-2)22(30-3)13-19(16)24(27)15-5-7-17(25)8-6-15/h4-10,12-13,24H,11H2,1-3H3/t24-/m0/s1. The summed E-state index contributed by atoms with van der Waals surface area (Å²) in [6.45, 7) is 1.69. The number of ether oxygens (including phenoxy) is 2. The number of fused-ring (bicyclic) bond motifs is 1. The normalized spacial score (nSPS) is 15.7. The van der Waals surface area contributed by atoms with Gasteiger partial charge in [-0.3, -0.25) is 4.79 Å². The van der Waals surface area contributed by atoms with Gasteiger partial charge >= 0.3 is 0 Å². The molecule has 1 aliphatic heterocycles. The molecule has 1 amide bonds. The Hall–Kier alpha value is -3.05. The third-order valence-electron chi connectivity index (χ3n) is 5.43. The third-order valence-corrected chi connectivity index (χ3v) is 5.68. The minimum Gasteiger partial charge on any atom is -0.493 e. The molecular formula is C24H21ClFNO3. The monoisotopic (exact) mass is 425 g/mol. The summed E-state index contributed by atoms with van der Waals surface area (Å²) < 4.78 is 25.3. The van der Waals surface area contributed by atoms with Crippen LogP contribution in [0.1, 0.15) is 28.3 Å².